The van der Waals surface area contributed by atoms with Crippen molar-refractivity contribution in [2.24, 2.45) is 0 Å². The molecule has 2 N–H and O–H groups in total. The number of halogens is 2. The molecule has 1 aromatic carbocycles. The number of aliphatic hydroxyl groups is 1. The zero-order valence-electron chi connectivity index (χ0n) is 10.1. The lowest BCUT2D eigenvalue weighted by molar-refractivity contribution is 0.0199. The first kappa shape index (κ1) is 16.0. The standard InChI is InChI=1S/C11H15F2NO4S/c12-11(13)8-18-5-4-14-19(16,17)10-3-1-2-9(6-10)7-15/h1-3,6,11,14-15H,4-5,7-8H2. The van der Waals surface area contributed by atoms with E-state index >= 15 is 0 Å². The van der Waals surface area contributed by atoms with Crippen molar-refractivity contribution in [3.8, 4) is 0 Å². The molecule has 0 amide bonds. The minimum atomic E-state index is -3.72. The first-order valence-corrected chi connectivity index (χ1v) is 6.99. The highest BCUT2D eigenvalue weighted by molar-refractivity contribution is 7.89. The molecular weight excluding hydrogens is 280 g/mol. The maximum atomic E-state index is 11.8. The third kappa shape index (κ3) is 5.60. The summed E-state index contributed by atoms with van der Waals surface area (Å²) in [6.45, 7) is -1.22. The van der Waals surface area contributed by atoms with Gasteiger partial charge in [0.25, 0.3) is 6.43 Å². The largest absolute Gasteiger partial charge is 0.392 e. The second kappa shape index (κ2) is 7.49. The molecule has 0 atom stereocenters. The van der Waals surface area contributed by atoms with Gasteiger partial charge in [-0.25, -0.2) is 21.9 Å². The van der Waals surface area contributed by atoms with Gasteiger partial charge in [0.1, 0.15) is 6.61 Å². The second-order valence-electron chi connectivity index (χ2n) is 3.67. The van der Waals surface area contributed by atoms with Gasteiger partial charge in [0.05, 0.1) is 18.1 Å². The van der Waals surface area contributed by atoms with Gasteiger partial charge in [-0.2, -0.15) is 0 Å². The van der Waals surface area contributed by atoms with Crippen LogP contribution in [0.5, 0.6) is 0 Å². The molecule has 1 rings (SSSR count). The Bertz CT molecular complexity index is 493. The van der Waals surface area contributed by atoms with Crippen LogP contribution in [-0.4, -0.2) is 39.7 Å². The first-order valence-electron chi connectivity index (χ1n) is 5.51. The van der Waals surface area contributed by atoms with Crippen molar-refractivity contribution in [3.05, 3.63) is 29.8 Å². The number of ether oxygens (including phenoxy) is 1. The van der Waals surface area contributed by atoms with Crippen LogP contribution in [0.2, 0.25) is 0 Å². The Labute approximate surface area is 110 Å². The highest BCUT2D eigenvalue weighted by Gasteiger charge is 2.13. The van der Waals surface area contributed by atoms with Gasteiger partial charge < -0.3 is 9.84 Å². The van der Waals surface area contributed by atoms with Crippen LogP contribution in [0.3, 0.4) is 0 Å². The average Bonchev–Trinajstić information content (AvgIpc) is 2.38. The number of hydrogen-bond acceptors (Lipinski definition) is 4. The van der Waals surface area contributed by atoms with Gasteiger partial charge in [0, 0.05) is 6.54 Å². The molecule has 19 heavy (non-hydrogen) atoms. The molecule has 0 unspecified atom stereocenters. The van der Waals surface area contributed by atoms with Crippen molar-refractivity contribution >= 4 is 10.0 Å². The van der Waals surface area contributed by atoms with E-state index in [0.717, 1.165) is 0 Å². The number of sulfonamides is 1. The predicted octanol–water partition coefficient (Wildman–Crippen LogP) is 0.739. The van der Waals surface area contributed by atoms with Gasteiger partial charge in [-0.15, -0.1) is 0 Å². The zero-order chi connectivity index (χ0) is 14.3. The summed E-state index contributed by atoms with van der Waals surface area (Å²) in [4.78, 5) is 0.00732. The van der Waals surface area contributed by atoms with Crippen molar-refractivity contribution in [2.45, 2.75) is 17.9 Å². The van der Waals surface area contributed by atoms with E-state index < -0.39 is 23.1 Å². The summed E-state index contributed by atoms with van der Waals surface area (Å²) >= 11 is 0. The molecule has 0 saturated heterocycles. The Balaban J connectivity index is 2.51. The maximum absolute atomic E-state index is 11.8. The van der Waals surface area contributed by atoms with Crippen LogP contribution in [0, 0.1) is 0 Å². The van der Waals surface area contributed by atoms with Crippen LogP contribution in [0.15, 0.2) is 29.2 Å². The Kier molecular flexibility index (Phi) is 6.29. The molecule has 0 bridgehead atoms. The van der Waals surface area contributed by atoms with Gasteiger partial charge in [-0.1, -0.05) is 12.1 Å². The summed E-state index contributed by atoms with van der Waals surface area (Å²) in [6.07, 6.45) is -2.57. The molecule has 0 heterocycles. The number of alkyl halides is 2. The van der Waals surface area contributed by atoms with Gasteiger partial charge in [-0.05, 0) is 17.7 Å². The summed E-state index contributed by atoms with van der Waals surface area (Å²) in [5.74, 6) is 0. The summed E-state index contributed by atoms with van der Waals surface area (Å²) in [7, 11) is -3.72. The topological polar surface area (TPSA) is 75.6 Å². The predicted molar refractivity (Wildman–Crippen MR) is 64.4 cm³/mol. The molecule has 0 spiro atoms. The van der Waals surface area contributed by atoms with Gasteiger partial charge in [0.2, 0.25) is 10.0 Å². The second-order valence-corrected chi connectivity index (χ2v) is 5.44. The summed E-state index contributed by atoms with van der Waals surface area (Å²) < 4.78 is 53.9. The molecule has 108 valence electrons. The fourth-order valence-electron chi connectivity index (χ4n) is 1.31. The van der Waals surface area contributed by atoms with E-state index in [-0.39, 0.29) is 24.7 Å². The Morgan fingerprint density at radius 1 is 1.37 bits per heavy atom. The molecule has 5 nitrogen and oxygen atoms in total. The lowest BCUT2D eigenvalue weighted by atomic mass is 10.2. The van der Waals surface area contributed by atoms with E-state index in [9.17, 15) is 17.2 Å². The minimum Gasteiger partial charge on any atom is -0.392 e. The van der Waals surface area contributed by atoms with E-state index in [0.29, 0.717) is 5.56 Å². The van der Waals surface area contributed by atoms with E-state index in [1.165, 1.54) is 18.2 Å². The van der Waals surface area contributed by atoms with Crippen LogP contribution < -0.4 is 4.72 Å². The van der Waals surface area contributed by atoms with Crippen molar-refractivity contribution in [1.29, 1.82) is 0 Å². The minimum absolute atomic E-state index is 0.00732. The summed E-state index contributed by atoms with van der Waals surface area (Å²) in [5.41, 5.74) is 0.469. The molecule has 0 aliphatic heterocycles. The molecule has 8 heteroatoms. The first-order chi connectivity index (χ1) is 8.95. The van der Waals surface area contributed by atoms with Crippen molar-refractivity contribution in [2.75, 3.05) is 19.8 Å². The molecule has 0 aliphatic rings. The number of benzene rings is 1. The lowest BCUT2D eigenvalue weighted by Gasteiger charge is -2.08. The highest BCUT2D eigenvalue weighted by Crippen LogP contribution is 2.11. The highest BCUT2D eigenvalue weighted by atomic mass is 32.2. The third-order valence-electron chi connectivity index (χ3n) is 2.17. The number of aliphatic hydroxyl groups excluding tert-OH is 1. The Morgan fingerprint density at radius 3 is 2.74 bits per heavy atom. The molecule has 1 aromatic rings. The summed E-state index contributed by atoms with van der Waals surface area (Å²) in [5, 5.41) is 8.92. The quantitative estimate of drug-likeness (QED) is 0.694. The van der Waals surface area contributed by atoms with Crippen molar-refractivity contribution in [3.63, 3.8) is 0 Å². The smallest absolute Gasteiger partial charge is 0.261 e. The number of nitrogens with one attached hydrogen (secondary N) is 1. The van der Waals surface area contributed by atoms with Gasteiger partial charge in [0.15, 0.2) is 0 Å². The van der Waals surface area contributed by atoms with E-state index in [1.54, 1.807) is 6.07 Å². The van der Waals surface area contributed by atoms with Crippen LogP contribution in [0.25, 0.3) is 0 Å². The Hall–Kier alpha value is -1.09. The number of rotatable bonds is 8. The lowest BCUT2D eigenvalue weighted by Crippen LogP contribution is -2.28. The summed E-state index contributed by atoms with van der Waals surface area (Å²) in [6, 6.07) is 5.81. The van der Waals surface area contributed by atoms with Crippen LogP contribution in [0.1, 0.15) is 5.56 Å². The van der Waals surface area contributed by atoms with Crippen molar-refractivity contribution < 1.29 is 27.0 Å². The average molecular weight is 295 g/mol. The number of hydrogen-bond donors (Lipinski definition) is 2. The zero-order valence-corrected chi connectivity index (χ0v) is 10.9. The molecular formula is C11H15F2NO4S. The van der Waals surface area contributed by atoms with E-state index in [2.05, 4.69) is 9.46 Å². The van der Waals surface area contributed by atoms with Crippen LogP contribution in [-0.2, 0) is 21.4 Å². The van der Waals surface area contributed by atoms with Crippen molar-refractivity contribution in [1.82, 2.24) is 4.72 Å². The normalized spacial score (nSPS) is 12.0. The van der Waals surface area contributed by atoms with E-state index in [1.807, 2.05) is 0 Å². The molecule has 0 radical (unpaired) electrons. The fraction of sp³-hybridized carbons (Fsp3) is 0.455. The van der Waals surface area contributed by atoms with Crippen LogP contribution >= 0.6 is 0 Å². The third-order valence-corrected chi connectivity index (χ3v) is 3.63. The maximum Gasteiger partial charge on any atom is 0.261 e. The molecule has 0 fully saturated rings. The van der Waals surface area contributed by atoms with E-state index in [4.69, 9.17) is 5.11 Å². The van der Waals surface area contributed by atoms with Gasteiger partial charge >= 0.3 is 0 Å². The fourth-order valence-corrected chi connectivity index (χ4v) is 2.40. The SMILES string of the molecule is O=S(=O)(NCCOCC(F)F)c1cccc(CO)c1. The molecule has 0 saturated carbocycles. The monoisotopic (exact) mass is 295 g/mol. The Morgan fingerprint density at radius 2 is 2.11 bits per heavy atom. The molecule has 0 aromatic heterocycles. The van der Waals surface area contributed by atoms with Gasteiger partial charge in [-0.3, -0.25) is 0 Å². The van der Waals surface area contributed by atoms with Crippen LogP contribution in [0.4, 0.5) is 8.78 Å². The molecule has 0 aliphatic carbocycles.